The molecule has 5 heteroatoms. The first-order valence-electron chi connectivity index (χ1n) is 5.62. The first-order chi connectivity index (χ1) is 8.65. The second-order valence-electron chi connectivity index (χ2n) is 3.99. The summed E-state index contributed by atoms with van der Waals surface area (Å²) in [6.45, 7) is 0. The molecule has 0 amide bonds. The largest absolute Gasteiger partial charge is 0.497 e. The van der Waals surface area contributed by atoms with Crippen LogP contribution in [0.1, 0.15) is 24.3 Å². The molecule has 0 radical (unpaired) electrons. The summed E-state index contributed by atoms with van der Waals surface area (Å²) in [5.41, 5.74) is 0.718. The molecular weight excluding hydrogens is 236 g/mol. The summed E-state index contributed by atoms with van der Waals surface area (Å²) in [6.07, 6.45) is 0.686. The Morgan fingerprint density at radius 1 is 1.22 bits per heavy atom. The summed E-state index contributed by atoms with van der Waals surface area (Å²) in [7, 11) is 3.08. The molecule has 0 spiro atoms. The molecule has 0 saturated carbocycles. The molecule has 0 aliphatic carbocycles. The van der Waals surface area contributed by atoms with Gasteiger partial charge >= 0.3 is 11.9 Å². The lowest BCUT2D eigenvalue weighted by Crippen LogP contribution is -2.26. The molecule has 1 unspecified atom stereocenters. The molecule has 0 aromatic heterocycles. The topological polar surface area (TPSA) is 61.8 Å². The van der Waals surface area contributed by atoms with E-state index in [1.54, 1.807) is 25.3 Å². The fourth-order valence-corrected chi connectivity index (χ4v) is 2.00. The van der Waals surface area contributed by atoms with Gasteiger partial charge < -0.3 is 14.2 Å². The van der Waals surface area contributed by atoms with Crippen LogP contribution in [0.25, 0.3) is 0 Å². The molecule has 2 rings (SSSR count). The van der Waals surface area contributed by atoms with Crippen LogP contribution in [0.3, 0.4) is 0 Å². The van der Waals surface area contributed by atoms with Crippen molar-refractivity contribution < 1.29 is 23.8 Å². The van der Waals surface area contributed by atoms with Crippen molar-refractivity contribution in [3.05, 3.63) is 23.8 Å². The van der Waals surface area contributed by atoms with Gasteiger partial charge in [0.25, 0.3) is 0 Å². The van der Waals surface area contributed by atoms with Gasteiger partial charge in [-0.15, -0.1) is 0 Å². The number of carbonyl (C=O) groups is 2. The highest BCUT2D eigenvalue weighted by atomic mass is 16.6. The van der Waals surface area contributed by atoms with Crippen molar-refractivity contribution in [3.8, 4) is 11.5 Å². The van der Waals surface area contributed by atoms with E-state index in [-0.39, 0.29) is 6.42 Å². The standard InChI is InChI=1S/C13H14O5/c1-16-8-3-4-9(11(7-8)17-2)10-5-6-12(14)18-13(10)15/h3-4,7,10H,5-6H2,1-2H3. The number of hydrogen-bond acceptors (Lipinski definition) is 5. The molecule has 96 valence electrons. The minimum Gasteiger partial charge on any atom is -0.497 e. The highest BCUT2D eigenvalue weighted by Gasteiger charge is 2.32. The number of cyclic esters (lactones) is 2. The van der Waals surface area contributed by atoms with Gasteiger partial charge in [0.1, 0.15) is 11.5 Å². The smallest absolute Gasteiger partial charge is 0.321 e. The van der Waals surface area contributed by atoms with E-state index in [2.05, 4.69) is 4.74 Å². The monoisotopic (exact) mass is 250 g/mol. The number of esters is 2. The zero-order chi connectivity index (χ0) is 13.1. The second-order valence-corrected chi connectivity index (χ2v) is 3.99. The normalized spacial score (nSPS) is 19.3. The van der Waals surface area contributed by atoms with E-state index in [0.29, 0.717) is 17.9 Å². The lowest BCUT2D eigenvalue weighted by Gasteiger charge is -2.21. The minimum atomic E-state index is -0.519. The van der Waals surface area contributed by atoms with Crippen molar-refractivity contribution in [1.82, 2.24) is 0 Å². The lowest BCUT2D eigenvalue weighted by molar-refractivity contribution is -0.164. The van der Waals surface area contributed by atoms with Crippen molar-refractivity contribution >= 4 is 11.9 Å². The Morgan fingerprint density at radius 3 is 2.61 bits per heavy atom. The van der Waals surface area contributed by atoms with Crippen LogP contribution in [0.2, 0.25) is 0 Å². The molecule has 18 heavy (non-hydrogen) atoms. The van der Waals surface area contributed by atoms with Crippen LogP contribution >= 0.6 is 0 Å². The van der Waals surface area contributed by atoms with Gasteiger partial charge in [0.15, 0.2) is 0 Å². The van der Waals surface area contributed by atoms with Gasteiger partial charge in [0.2, 0.25) is 0 Å². The molecule has 1 aromatic carbocycles. The van der Waals surface area contributed by atoms with Gasteiger partial charge in [-0.25, -0.2) is 0 Å². The predicted octanol–water partition coefficient (Wildman–Crippen LogP) is 1.65. The van der Waals surface area contributed by atoms with Crippen LogP contribution in [0.4, 0.5) is 0 Å². The molecule has 1 saturated heterocycles. The molecular formula is C13H14O5. The third-order valence-corrected chi connectivity index (χ3v) is 2.95. The number of rotatable bonds is 3. The average Bonchev–Trinajstić information content (AvgIpc) is 2.38. The fraction of sp³-hybridized carbons (Fsp3) is 0.385. The van der Waals surface area contributed by atoms with Crippen LogP contribution in [-0.2, 0) is 14.3 Å². The summed E-state index contributed by atoms with van der Waals surface area (Å²) in [5, 5.41) is 0. The fourth-order valence-electron chi connectivity index (χ4n) is 2.00. The Balaban J connectivity index is 2.32. The minimum absolute atomic E-state index is 0.242. The Labute approximate surface area is 105 Å². The third-order valence-electron chi connectivity index (χ3n) is 2.95. The maximum atomic E-state index is 11.7. The van der Waals surface area contributed by atoms with Crippen LogP contribution in [0, 0.1) is 0 Å². The molecule has 1 fully saturated rings. The maximum Gasteiger partial charge on any atom is 0.321 e. The summed E-state index contributed by atoms with van der Waals surface area (Å²) in [5.74, 6) is -0.233. The maximum absolute atomic E-state index is 11.7. The van der Waals surface area contributed by atoms with Gasteiger partial charge in [0, 0.05) is 18.1 Å². The van der Waals surface area contributed by atoms with Gasteiger partial charge in [-0.3, -0.25) is 9.59 Å². The Morgan fingerprint density at radius 2 is 2.00 bits per heavy atom. The van der Waals surface area contributed by atoms with Crippen molar-refractivity contribution in [3.63, 3.8) is 0 Å². The Bertz CT molecular complexity index is 480. The van der Waals surface area contributed by atoms with Crippen LogP contribution in [0.5, 0.6) is 11.5 Å². The number of hydrogen-bond donors (Lipinski definition) is 0. The SMILES string of the molecule is COc1ccc(C2CCC(=O)OC2=O)c(OC)c1. The summed E-state index contributed by atoms with van der Waals surface area (Å²) in [4.78, 5) is 22.7. The molecule has 1 atom stereocenters. The second kappa shape index (κ2) is 5.08. The lowest BCUT2D eigenvalue weighted by atomic mass is 9.92. The molecule has 1 aromatic rings. The van der Waals surface area contributed by atoms with Crippen molar-refractivity contribution in [2.45, 2.75) is 18.8 Å². The van der Waals surface area contributed by atoms with E-state index < -0.39 is 17.9 Å². The van der Waals surface area contributed by atoms with Crippen LogP contribution < -0.4 is 9.47 Å². The molecule has 5 nitrogen and oxygen atoms in total. The zero-order valence-corrected chi connectivity index (χ0v) is 10.3. The quantitative estimate of drug-likeness (QED) is 0.603. The van der Waals surface area contributed by atoms with Gasteiger partial charge in [-0.1, -0.05) is 6.07 Å². The highest BCUT2D eigenvalue weighted by Crippen LogP contribution is 2.35. The van der Waals surface area contributed by atoms with E-state index in [1.807, 2.05) is 0 Å². The first-order valence-corrected chi connectivity index (χ1v) is 5.62. The van der Waals surface area contributed by atoms with E-state index in [0.717, 1.165) is 5.56 Å². The molecule has 1 heterocycles. The van der Waals surface area contributed by atoms with Crippen molar-refractivity contribution in [1.29, 1.82) is 0 Å². The van der Waals surface area contributed by atoms with Crippen molar-refractivity contribution in [2.24, 2.45) is 0 Å². The summed E-state index contributed by atoms with van der Waals surface area (Å²) in [6, 6.07) is 5.22. The van der Waals surface area contributed by atoms with Crippen LogP contribution in [-0.4, -0.2) is 26.2 Å². The van der Waals surface area contributed by atoms with Gasteiger partial charge in [-0.05, 0) is 12.5 Å². The summed E-state index contributed by atoms with van der Waals surface area (Å²) < 4.78 is 15.0. The molecule has 1 aliphatic rings. The first kappa shape index (κ1) is 12.4. The Hall–Kier alpha value is -2.04. The Kier molecular flexibility index (Phi) is 3.50. The van der Waals surface area contributed by atoms with Crippen molar-refractivity contribution in [2.75, 3.05) is 14.2 Å². The number of ether oxygens (including phenoxy) is 3. The highest BCUT2D eigenvalue weighted by molar-refractivity contribution is 5.92. The van der Waals surface area contributed by atoms with Gasteiger partial charge in [-0.2, -0.15) is 0 Å². The molecule has 1 aliphatic heterocycles. The van der Waals surface area contributed by atoms with E-state index in [4.69, 9.17) is 9.47 Å². The zero-order valence-electron chi connectivity index (χ0n) is 10.3. The third kappa shape index (κ3) is 2.30. The van der Waals surface area contributed by atoms with E-state index >= 15 is 0 Å². The van der Waals surface area contributed by atoms with Crippen LogP contribution in [0.15, 0.2) is 18.2 Å². The number of methoxy groups -OCH3 is 2. The predicted molar refractivity (Wildman–Crippen MR) is 62.6 cm³/mol. The number of benzene rings is 1. The summed E-state index contributed by atoms with van der Waals surface area (Å²) >= 11 is 0. The average molecular weight is 250 g/mol. The number of carbonyl (C=O) groups excluding carboxylic acids is 2. The van der Waals surface area contributed by atoms with E-state index in [1.165, 1.54) is 7.11 Å². The molecule has 0 N–H and O–H groups in total. The van der Waals surface area contributed by atoms with Gasteiger partial charge in [0.05, 0.1) is 20.1 Å². The molecule has 0 bridgehead atoms. The van der Waals surface area contributed by atoms with E-state index in [9.17, 15) is 9.59 Å².